The van der Waals surface area contributed by atoms with Crippen LogP contribution in [0.25, 0.3) is 0 Å². The van der Waals surface area contributed by atoms with Crippen LogP contribution in [0.1, 0.15) is 135 Å². The zero-order valence-corrected chi connectivity index (χ0v) is 33.3. The Kier molecular flexibility index (Phi) is 38.3. The van der Waals surface area contributed by atoms with Gasteiger partial charge in [-0.25, -0.2) is 0 Å². The number of amides is 1. The van der Waals surface area contributed by atoms with Gasteiger partial charge in [0.2, 0.25) is 5.91 Å². The quantitative estimate of drug-likeness (QED) is 0.0616. The number of carboxylic acid groups (broad SMARTS) is 2. The molecule has 0 spiro atoms. The molecule has 0 aliphatic heterocycles. The minimum absolute atomic E-state index is 0.0368. The van der Waals surface area contributed by atoms with Crippen molar-refractivity contribution in [2.45, 2.75) is 135 Å². The lowest BCUT2D eigenvalue weighted by Gasteiger charge is -2.12. The van der Waals surface area contributed by atoms with E-state index in [1.54, 1.807) is 0 Å². The van der Waals surface area contributed by atoms with E-state index >= 15 is 0 Å². The molecule has 0 radical (unpaired) electrons. The van der Waals surface area contributed by atoms with Gasteiger partial charge in [0.05, 0.1) is 85.2 Å². The molecule has 1 unspecified atom stereocenters. The van der Waals surface area contributed by atoms with Crippen LogP contribution in [0.4, 0.5) is 0 Å². The summed E-state index contributed by atoms with van der Waals surface area (Å²) in [6.45, 7) is 6.90. The fourth-order valence-electron chi connectivity index (χ4n) is 5.48. The number of rotatable bonds is 44. The number of aliphatic carboxylic acids is 2. The third-order valence-corrected chi connectivity index (χ3v) is 8.67. The summed E-state index contributed by atoms with van der Waals surface area (Å²) in [7, 11) is 0. The van der Waals surface area contributed by atoms with Crippen LogP contribution in [0.15, 0.2) is 0 Å². The number of ether oxygens (including phenoxy) is 6. The van der Waals surface area contributed by atoms with E-state index in [1.807, 2.05) is 0 Å². The number of carboxylic acids is 2. The summed E-state index contributed by atoms with van der Waals surface area (Å²) in [6, 6.07) is 0. The van der Waals surface area contributed by atoms with Crippen molar-refractivity contribution in [3.8, 4) is 0 Å². The van der Waals surface area contributed by atoms with Gasteiger partial charge in [-0.1, -0.05) is 77.0 Å². The second-order valence-electron chi connectivity index (χ2n) is 13.6. The molecule has 0 saturated heterocycles. The van der Waals surface area contributed by atoms with Gasteiger partial charge in [0.25, 0.3) is 0 Å². The van der Waals surface area contributed by atoms with E-state index in [4.69, 9.17) is 33.5 Å². The lowest BCUT2D eigenvalue weighted by atomic mass is 9.94. The Morgan fingerprint density at radius 3 is 1.22 bits per heavy atom. The van der Waals surface area contributed by atoms with Gasteiger partial charge in [-0.3, -0.25) is 24.0 Å². The fraction of sp³-hybridized carbons (Fsp3) is 0.875. The number of ketones is 2. The molecule has 3 N–H and O–H groups in total. The summed E-state index contributed by atoms with van der Waals surface area (Å²) in [6.07, 6.45) is 16.7. The summed E-state index contributed by atoms with van der Waals surface area (Å²) in [5.74, 6) is -2.82. The van der Waals surface area contributed by atoms with Gasteiger partial charge in [0, 0.05) is 38.6 Å². The van der Waals surface area contributed by atoms with Gasteiger partial charge in [0.1, 0.15) is 11.6 Å². The summed E-state index contributed by atoms with van der Waals surface area (Å²) < 4.78 is 32.4. The highest BCUT2D eigenvalue weighted by molar-refractivity contribution is 5.84. The second-order valence-corrected chi connectivity index (χ2v) is 13.6. The van der Waals surface area contributed by atoms with Crippen LogP contribution in [-0.2, 0) is 52.4 Å². The molecule has 1 atom stereocenters. The zero-order chi connectivity index (χ0) is 39.7. The Morgan fingerprint density at radius 1 is 0.463 bits per heavy atom. The summed E-state index contributed by atoms with van der Waals surface area (Å²) in [4.78, 5) is 57.6. The van der Waals surface area contributed by atoms with Crippen LogP contribution < -0.4 is 5.32 Å². The highest BCUT2D eigenvalue weighted by atomic mass is 16.6. The van der Waals surface area contributed by atoms with Gasteiger partial charge in [-0.2, -0.15) is 0 Å². The lowest BCUT2D eigenvalue weighted by Crippen LogP contribution is -2.29. The summed E-state index contributed by atoms with van der Waals surface area (Å²) in [5, 5.41) is 20.9. The Labute approximate surface area is 324 Å². The van der Waals surface area contributed by atoms with Crippen LogP contribution in [0.5, 0.6) is 0 Å². The van der Waals surface area contributed by atoms with Crippen LogP contribution >= 0.6 is 0 Å². The largest absolute Gasteiger partial charge is 0.481 e. The van der Waals surface area contributed by atoms with Gasteiger partial charge < -0.3 is 44.0 Å². The number of unbranched alkanes of at least 4 members (excludes halogenated alkanes) is 13. The lowest BCUT2D eigenvalue weighted by molar-refractivity contribution is -0.144. The standard InChI is InChI=1S/C40H73NO13/c1-35(42)20-22-49-24-26-51-28-30-53-32-33-54-31-29-52-27-25-50-23-21-41-38(44)19-18-36(40(47)48)34-37(43)16-14-12-10-8-6-4-2-3-5-7-9-11-13-15-17-39(45)46/h36H,2-34H2,1H3,(H,41,44)(H,45,46)(H,47,48). The molecule has 0 aliphatic rings. The summed E-state index contributed by atoms with van der Waals surface area (Å²) >= 11 is 0. The van der Waals surface area contributed by atoms with E-state index in [2.05, 4.69) is 5.32 Å². The van der Waals surface area contributed by atoms with E-state index in [0.29, 0.717) is 98.7 Å². The molecule has 0 aromatic heterocycles. The average molecular weight is 776 g/mol. The molecule has 0 aromatic carbocycles. The second kappa shape index (κ2) is 40.2. The molecular formula is C40H73NO13. The number of nitrogens with one attached hydrogen (secondary N) is 1. The molecule has 0 fully saturated rings. The Morgan fingerprint density at radius 2 is 0.833 bits per heavy atom. The highest BCUT2D eigenvalue weighted by Crippen LogP contribution is 2.17. The highest BCUT2D eigenvalue weighted by Gasteiger charge is 2.22. The van der Waals surface area contributed by atoms with E-state index < -0.39 is 17.9 Å². The smallest absolute Gasteiger partial charge is 0.306 e. The van der Waals surface area contributed by atoms with E-state index in [0.717, 1.165) is 44.9 Å². The van der Waals surface area contributed by atoms with Crippen molar-refractivity contribution in [3.05, 3.63) is 0 Å². The Bertz CT molecular complexity index is 933. The maximum atomic E-state index is 12.4. The molecule has 54 heavy (non-hydrogen) atoms. The molecule has 0 rings (SSSR count). The first-order chi connectivity index (χ1) is 26.2. The number of carbonyl (C=O) groups is 5. The first-order valence-electron chi connectivity index (χ1n) is 20.4. The topological polar surface area (TPSA) is 193 Å². The SMILES string of the molecule is CC(=O)CCOCCOCCOCCOCCOCCOCCNC(=O)CCC(CC(=O)CCCCCCCCCCCCCCCCC(=O)O)C(=O)O. The number of hydrogen-bond donors (Lipinski definition) is 3. The van der Waals surface area contributed by atoms with Crippen molar-refractivity contribution in [1.82, 2.24) is 5.32 Å². The predicted molar refractivity (Wildman–Crippen MR) is 205 cm³/mol. The average Bonchev–Trinajstić information content (AvgIpc) is 3.13. The Balaban J connectivity index is 3.54. The predicted octanol–water partition coefficient (Wildman–Crippen LogP) is 5.95. The molecule has 0 aliphatic carbocycles. The van der Waals surface area contributed by atoms with Crippen molar-refractivity contribution in [3.63, 3.8) is 0 Å². The molecule has 14 heteroatoms. The van der Waals surface area contributed by atoms with Gasteiger partial charge in [-0.15, -0.1) is 0 Å². The van der Waals surface area contributed by atoms with Crippen molar-refractivity contribution in [2.24, 2.45) is 5.92 Å². The molecule has 0 bridgehead atoms. The maximum absolute atomic E-state index is 12.4. The third-order valence-electron chi connectivity index (χ3n) is 8.67. The van der Waals surface area contributed by atoms with Crippen molar-refractivity contribution >= 4 is 29.4 Å². The van der Waals surface area contributed by atoms with Crippen molar-refractivity contribution in [2.75, 3.05) is 85.8 Å². The van der Waals surface area contributed by atoms with E-state index in [-0.39, 0.29) is 43.2 Å². The van der Waals surface area contributed by atoms with Crippen LogP contribution in [0.2, 0.25) is 0 Å². The van der Waals surface area contributed by atoms with E-state index in [1.165, 1.54) is 51.9 Å². The molecule has 0 saturated carbocycles. The normalized spacial score (nSPS) is 11.8. The van der Waals surface area contributed by atoms with Crippen LogP contribution in [0, 0.1) is 5.92 Å². The van der Waals surface area contributed by atoms with Crippen LogP contribution in [-0.4, -0.2) is 125 Å². The first-order valence-corrected chi connectivity index (χ1v) is 20.4. The molecule has 0 aromatic rings. The van der Waals surface area contributed by atoms with Crippen LogP contribution in [0.3, 0.4) is 0 Å². The van der Waals surface area contributed by atoms with Gasteiger partial charge in [0.15, 0.2) is 0 Å². The molecule has 1 amide bonds. The third kappa shape index (κ3) is 40.7. The van der Waals surface area contributed by atoms with E-state index in [9.17, 15) is 29.1 Å². The molecule has 316 valence electrons. The van der Waals surface area contributed by atoms with Gasteiger partial charge >= 0.3 is 11.9 Å². The Hall–Kier alpha value is -2.49. The van der Waals surface area contributed by atoms with Crippen molar-refractivity contribution in [1.29, 1.82) is 0 Å². The summed E-state index contributed by atoms with van der Waals surface area (Å²) in [5.41, 5.74) is 0. The first kappa shape index (κ1) is 51.5. The monoisotopic (exact) mass is 776 g/mol. The fourth-order valence-corrected chi connectivity index (χ4v) is 5.48. The molecule has 0 heterocycles. The number of hydrogen-bond acceptors (Lipinski definition) is 11. The minimum Gasteiger partial charge on any atom is -0.481 e. The minimum atomic E-state index is -1.04. The maximum Gasteiger partial charge on any atom is 0.306 e. The van der Waals surface area contributed by atoms with Crippen molar-refractivity contribution < 1.29 is 62.6 Å². The number of carbonyl (C=O) groups excluding carboxylic acids is 3. The molecular weight excluding hydrogens is 702 g/mol. The van der Waals surface area contributed by atoms with Gasteiger partial charge in [-0.05, 0) is 26.2 Å². The zero-order valence-electron chi connectivity index (χ0n) is 33.3. The number of Topliss-reactive ketones (excluding diaryl/α,β-unsaturated/α-hetero) is 2. The molecule has 14 nitrogen and oxygen atoms in total.